The molecule has 0 aliphatic carbocycles. The van der Waals surface area contributed by atoms with Crippen molar-refractivity contribution in [1.29, 1.82) is 0 Å². The molecule has 2 heterocycles. The smallest absolute Gasteiger partial charge is 0.186 e. The van der Waals surface area contributed by atoms with Crippen molar-refractivity contribution >= 4 is 5.82 Å². The van der Waals surface area contributed by atoms with Crippen molar-refractivity contribution in [3.05, 3.63) is 17.8 Å². The Labute approximate surface area is 114 Å². The van der Waals surface area contributed by atoms with Crippen LogP contribution in [-0.2, 0) is 0 Å². The predicted octanol–water partition coefficient (Wildman–Crippen LogP) is 2.14. The quantitative estimate of drug-likeness (QED) is 0.906. The molecule has 0 bridgehead atoms. The molecular formula is C14H23FN4. The van der Waals surface area contributed by atoms with Crippen LogP contribution in [0.1, 0.15) is 32.4 Å². The summed E-state index contributed by atoms with van der Waals surface area (Å²) < 4.78 is 14.0. The summed E-state index contributed by atoms with van der Waals surface area (Å²) >= 11 is 0. The van der Waals surface area contributed by atoms with Gasteiger partial charge < -0.3 is 10.2 Å². The number of rotatable bonds is 4. The molecule has 4 nitrogen and oxygen atoms in total. The van der Waals surface area contributed by atoms with Crippen LogP contribution in [0.2, 0.25) is 0 Å². The molecule has 0 aromatic carbocycles. The number of anilines is 1. The van der Waals surface area contributed by atoms with E-state index in [4.69, 9.17) is 0 Å². The largest absolute Gasteiger partial charge is 0.354 e. The highest BCUT2D eigenvalue weighted by Gasteiger charge is 2.25. The summed E-state index contributed by atoms with van der Waals surface area (Å²) in [7, 11) is 0. The maximum Gasteiger partial charge on any atom is 0.186 e. The first-order valence-corrected chi connectivity index (χ1v) is 7.09. The van der Waals surface area contributed by atoms with Crippen molar-refractivity contribution < 1.29 is 4.39 Å². The van der Waals surface area contributed by atoms with Crippen LogP contribution >= 0.6 is 0 Å². The first-order chi connectivity index (χ1) is 9.13. The first kappa shape index (κ1) is 14.2. The van der Waals surface area contributed by atoms with E-state index in [1.54, 1.807) is 6.92 Å². The van der Waals surface area contributed by atoms with E-state index in [0.717, 1.165) is 32.5 Å². The zero-order valence-corrected chi connectivity index (χ0v) is 12.0. The highest BCUT2D eigenvalue weighted by atomic mass is 19.1. The van der Waals surface area contributed by atoms with Crippen molar-refractivity contribution in [2.45, 2.75) is 39.7 Å². The molecule has 0 amide bonds. The number of hydrogen-bond acceptors (Lipinski definition) is 4. The topological polar surface area (TPSA) is 41.0 Å². The van der Waals surface area contributed by atoms with Gasteiger partial charge in [0.1, 0.15) is 6.33 Å². The van der Waals surface area contributed by atoms with Gasteiger partial charge in [-0.15, -0.1) is 0 Å². The molecule has 1 atom stereocenters. The van der Waals surface area contributed by atoms with Crippen molar-refractivity contribution in [3.8, 4) is 0 Å². The molecule has 0 saturated carbocycles. The highest BCUT2D eigenvalue weighted by Crippen LogP contribution is 2.26. The molecule has 1 N–H and O–H groups in total. The van der Waals surface area contributed by atoms with E-state index in [9.17, 15) is 4.39 Å². The second kappa shape index (κ2) is 6.28. The SMILES string of the molecule is CCNC(C)C1CCN(c2ncnc(C)c2F)CC1. The maximum absolute atomic E-state index is 14.0. The molecule has 1 aromatic rings. The summed E-state index contributed by atoms with van der Waals surface area (Å²) in [5, 5.41) is 3.47. The fourth-order valence-corrected chi connectivity index (χ4v) is 2.77. The molecule has 1 saturated heterocycles. The summed E-state index contributed by atoms with van der Waals surface area (Å²) in [6.07, 6.45) is 3.61. The number of piperidine rings is 1. The first-order valence-electron chi connectivity index (χ1n) is 7.09. The van der Waals surface area contributed by atoms with Gasteiger partial charge in [-0.3, -0.25) is 0 Å². The summed E-state index contributed by atoms with van der Waals surface area (Å²) in [6.45, 7) is 8.78. The van der Waals surface area contributed by atoms with E-state index in [1.807, 2.05) is 4.90 Å². The van der Waals surface area contributed by atoms with Gasteiger partial charge in [0.2, 0.25) is 0 Å². The predicted molar refractivity (Wildman–Crippen MR) is 74.8 cm³/mol. The molecule has 1 aromatic heterocycles. The van der Waals surface area contributed by atoms with Crippen LogP contribution in [0.3, 0.4) is 0 Å². The Balaban J connectivity index is 1.98. The Morgan fingerprint density at radius 3 is 2.74 bits per heavy atom. The van der Waals surface area contributed by atoms with Crippen LogP contribution in [0.4, 0.5) is 10.2 Å². The number of nitrogens with one attached hydrogen (secondary N) is 1. The molecule has 2 rings (SSSR count). The lowest BCUT2D eigenvalue weighted by molar-refractivity contribution is 0.313. The Morgan fingerprint density at radius 1 is 1.42 bits per heavy atom. The summed E-state index contributed by atoms with van der Waals surface area (Å²) in [4.78, 5) is 10.0. The van der Waals surface area contributed by atoms with Gasteiger partial charge in [0.25, 0.3) is 0 Å². The van der Waals surface area contributed by atoms with Crippen LogP contribution in [0.25, 0.3) is 0 Å². The van der Waals surface area contributed by atoms with Crippen molar-refractivity contribution in [1.82, 2.24) is 15.3 Å². The van der Waals surface area contributed by atoms with Crippen molar-refractivity contribution in [3.63, 3.8) is 0 Å². The average molecular weight is 266 g/mol. The van der Waals surface area contributed by atoms with Gasteiger partial charge in [0, 0.05) is 19.1 Å². The van der Waals surface area contributed by atoms with E-state index < -0.39 is 0 Å². The fraction of sp³-hybridized carbons (Fsp3) is 0.714. The summed E-state index contributed by atoms with van der Waals surface area (Å²) in [5.41, 5.74) is 0.424. The minimum Gasteiger partial charge on any atom is -0.354 e. The normalized spacial score (nSPS) is 18.6. The van der Waals surface area contributed by atoms with Gasteiger partial charge in [-0.25, -0.2) is 14.4 Å². The molecule has 0 radical (unpaired) electrons. The van der Waals surface area contributed by atoms with Crippen LogP contribution in [0.15, 0.2) is 6.33 Å². The van der Waals surface area contributed by atoms with Crippen LogP contribution in [-0.4, -0.2) is 35.6 Å². The minimum absolute atomic E-state index is 0.277. The second-order valence-electron chi connectivity index (χ2n) is 5.27. The van der Waals surface area contributed by atoms with Gasteiger partial charge in [-0.05, 0) is 39.2 Å². The molecule has 1 unspecified atom stereocenters. The molecule has 1 aliphatic heterocycles. The number of nitrogens with zero attached hydrogens (tertiary/aromatic N) is 3. The highest BCUT2D eigenvalue weighted by molar-refractivity contribution is 5.41. The zero-order chi connectivity index (χ0) is 13.8. The minimum atomic E-state index is -0.277. The average Bonchev–Trinajstić information content (AvgIpc) is 2.42. The van der Waals surface area contributed by atoms with Gasteiger partial charge >= 0.3 is 0 Å². The molecule has 5 heteroatoms. The van der Waals surface area contributed by atoms with E-state index in [1.165, 1.54) is 6.33 Å². The Bertz CT molecular complexity index is 416. The number of aryl methyl sites for hydroxylation is 1. The lowest BCUT2D eigenvalue weighted by Gasteiger charge is -2.35. The standard InChI is InChI=1S/C14H23FN4/c1-4-16-10(2)12-5-7-19(8-6-12)14-13(15)11(3)17-9-18-14/h9-10,12,16H,4-8H2,1-3H3. The molecule has 106 valence electrons. The van der Waals surface area contributed by atoms with E-state index in [0.29, 0.717) is 23.5 Å². The fourth-order valence-electron chi connectivity index (χ4n) is 2.77. The third-order valence-electron chi connectivity index (χ3n) is 4.02. The van der Waals surface area contributed by atoms with Gasteiger partial charge in [-0.2, -0.15) is 0 Å². The van der Waals surface area contributed by atoms with Crippen LogP contribution < -0.4 is 10.2 Å². The molecule has 0 spiro atoms. The third-order valence-corrected chi connectivity index (χ3v) is 4.02. The molecule has 19 heavy (non-hydrogen) atoms. The lowest BCUT2D eigenvalue weighted by atomic mass is 9.90. The van der Waals surface area contributed by atoms with E-state index in [-0.39, 0.29) is 5.82 Å². The second-order valence-corrected chi connectivity index (χ2v) is 5.27. The Hall–Kier alpha value is -1.23. The lowest BCUT2D eigenvalue weighted by Crippen LogP contribution is -2.42. The van der Waals surface area contributed by atoms with Gasteiger partial charge in [0.05, 0.1) is 5.69 Å². The molecule has 1 aliphatic rings. The Kier molecular flexibility index (Phi) is 4.69. The van der Waals surface area contributed by atoms with Gasteiger partial charge in [0.15, 0.2) is 11.6 Å². The number of hydrogen-bond donors (Lipinski definition) is 1. The van der Waals surface area contributed by atoms with Crippen molar-refractivity contribution in [2.75, 3.05) is 24.5 Å². The number of aromatic nitrogens is 2. The molecular weight excluding hydrogens is 243 g/mol. The summed E-state index contributed by atoms with van der Waals surface area (Å²) in [5.74, 6) is 0.852. The third kappa shape index (κ3) is 3.21. The monoisotopic (exact) mass is 266 g/mol. The van der Waals surface area contributed by atoms with E-state index >= 15 is 0 Å². The Morgan fingerprint density at radius 2 is 2.11 bits per heavy atom. The maximum atomic E-state index is 14.0. The van der Waals surface area contributed by atoms with Crippen molar-refractivity contribution in [2.24, 2.45) is 5.92 Å². The van der Waals surface area contributed by atoms with E-state index in [2.05, 4.69) is 29.1 Å². The molecule has 1 fully saturated rings. The zero-order valence-electron chi connectivity index (χ0n) is 12.0. The summed E-state index contributed by atoms with van der Waals surface area (Å²) in [6, 6.07) is 0.532. The van der Waals surface area contributed by atoms with Crippen LogP contribution in [0.5, 0.6) is 0 Å². The van der Waals surface area contributed by atoms with Crippen LogP contribution in [0, 0.1) is 18.7 Å². The van der Waals surface area contributed by atoms with Gasteiger partial charge in [-0.1, -0.05) is 6.92 Å². The number of halogens is 1.